The van der Waals surface area contributed by atoms with Crippen LogP contribution in [0, 0.1) is 19.8 Å². The largest absolute Gasteiger partial charge is 0.338 e. The molecule has 1 aliphatic rings. The molecule has 8 heteroatoms. The van der Waals surface area contributed by atoms with E-state index in [-0.39, 0.29) is 24.1 Å². The van der Waals surface area contributed by atoms with Gasteiger partial charge in [0.05, 0.1) is 17.4 Å². The monoisotopic (exact) mass is 315 g/mol. The second-order valence-electron chi connectivity index (χ2n) is 5.31. The van der Waals surface area contributed by atoms with Gasteiger partial charge in [-0.3, -0.25) is 10.1 Å². The van der Waals surface area contributed by atoms with Gasteiger partial charge in [0.2, 0.25) is 21.8 Å². The maximum absolute atomic E-state index is 12.3. The van der Waals surface area contributed by atoms with Crippen molar-refractivity contribution in [2.75, 3.05) is 24.2 Å². The van der Waals surface area contributed by atoms with E-state index in [9.17, 15) is 13.2 Å². The number of anilines is 1. The topological polar surface area (TPSA) is 92.5 Å². The number of nitrogens with zero attached hydrogens (tertiary/aromatic N) is 2. The van der Waals surface area contributed by atoms with E-state index in [0.717, 1.165) is 11.3 Å². The fraction of sp³-hybridized carbons (Fsp3) is 0.692. The zero-order valence-electron chi connectivity index (χ0n) is 12.5. The number of piperidine rings is 1. The van der Waals surface area contributed by atoms with Gasteiger partial charge < -0.3 is 4.52 Å². The molecular formula is C13H21N3O4S. The van der Waals surface area contributed by atoms with Gasteiger partial charge in [0.1, 0.15) is 0 Å². The lowest BCUT2D eigenvalue weighted by Crippen LogP contribution is -2.44. The minimum Gasteiger partial charge on any atom is -0.338 e. The van der Waals surface area contributed by atoms with Gasteiger partial charge in [0.25, 0.3) is 0 Å². The Balaban J connectivity index is 2.04. The van der Waals surface area contributed by atoms with Crippen LogP contribution in [0.25, 0.3) is 0 Å². The zero-order chi connectivity index (χ0) is 15.6. The highest BCUT2D eigenvalue weighted by molar-refractivity contribution is 7.89. The Morgan fingerprint density at radius 2 is 2.19 bits per heavy atom. The quantitative estimate of drug-likeness (QED) is 0.904. The van der Waals surface area contributed by atoms with E-state index in [0.29, 0.717) is 25.3 Å². The van der Waals surface area contributed by atoms with Crippen LogP contribution >= 0.6 is 0 Å². The summed E-state index contributed by atoms with van der Waals surface area (Å²) >= 11 is 0. The molecule has 0 radical (unpaired) electrons. The third kappa shape index (κ3) is 3.44. The van der Waals surface area contributed by atoms with E-state index in [1.165, 1.54) is 4.31 Å². The van der Waals surface area contributed by atoms with Gasteiger partial charge in [-0.25, -0.2) is 12.7 Å². The highest BCUT2D eigenvalue weighted by atomic mass is 32.2. The van der Waals surface area contributed by atoms with E-state index in [2.05, 4.69) is 10.5 Å². The molecule has 0 aromatic carbocycles. The number of nitrogens with one attached hydrogen (secondary N) is 1. The highest BCUT2D eigenvalue weighted by Gasteiger charge is 2.32. The summed E-state index contributed by atoms with van der Waals surface area (Å²) in [6.07, 6.45) is 1.36. The van der Waals surface area contributed by atoms with Crippen LogP contribution in [-0.4, -0.2) is 42.6 Å². The van der Waals surface area contributed by atoms with Gasteiger partial charge in [-0.1, -0.05) is 5.16 Å². The van der Waals surface area contributed by atoms with Crippen molar-refractivity contribution in [1.29, 1.82) is 0 Å². The molecule has 0 unspecified atom stereocenters. The summed E-state index contributed by atoms with van der Waals surface area (Å²) in [5.41, 5.74) is 1.52. The van der Waals surface area contributed by atoms with E-state index < -0.39 is 10.0 Å². The van der Waals surface area contributed by atoms with Gasteiger partial charge in [-0.15, -0.1) is 0 Å². The number of hydrogen-bond acceptors (Lipinski definition) is 5. The first-order valence-electron chi connectivity index (χ1n) is 7.06. The summed E-state index contributed by atoms with van der Waals surface area (Å²) in [6, 6.07) is 0. The molecule has 0 spiro atoms. The molecule has 118 valence electrons. The fourth-order valence-corrected chi connectivity index (χ4v) is 3.52. The van der Waals surface area contributed by atoms with Gasteiger partial charge in [0, 0.05) is 18.7 Å². The lowest BCUT2D eigenvalue weighted by Gasteiger charge is -2.30. The van der Waals surface area contributed by atoms with Crippen LogP contribution in [-0.2, 0) is 14.8 Å². The average Bonchev–Trinajstić information content (AvgIpc) is 2.79. The number of amides is 1. The van der Waals surface area contributed by atoms with Gasteiger partial charge in [-0.2, -0.15) is 0 Å². The zero-order valence-corrected chi connectivity index (χ0v) is 13.4. The molecule has 1 saturated heterocycles. The molecule has 1 atom stereocenters. The van der Waals surface area contributed by atoms with Crippen LogP contribution < -0.4 is 5.32 Å². The Hall–Kier alpha value is -1.41. The Labute approximate surface area is 124 Å². The Morgan fingerprint density at radius 3 is 2.76 bits per heavy atom. The van der Waals surface area contributed by atoms with Crippen molar-refractivity contribution in [2.45, 2.75) is 33.6 Å². The smallest absolute Gasteiger partial charge is 0.234 e. The highest BCUT2D eigenvalue weighted by Crippen LogP contribution is 2.23. The van der Waals surface area contributed by atoms with Gasteiger partial charge >= 0.3 is 0 Å². The molecule has 2 heterocycles. The second kappa shape index (κ2) is 6.15. The van der Waals surface area contributed by atoms with Gasteiger partial charge in [-0.05, 0) is 33.6 Å². The molecule has 0 aliphatic carbocycles. The number of aryl methyl sites for hydroxylation is 1. The lowest BCUT2D eigenvalue weighted by molar-refractivity contribution is -0.121. The number of carbonyl (C=O) groups excluding carboxylic acids is 1. The predicted octanol–water partition coefficient (Wildman–Crippen LogP) is 1.29. The Morgan fingerprint density at radius 1 is 1.48 bits per heavy atom. The van der Waals surface area contributed by atoms with Gasteiger partial charge in [0.15, 0.2) is 0 Å². The number of sulfonamides is 1. The Bertz CT molecular complexity index is 623. The molecule has 0 bridgehead atoms. The number of hydrogen-bond donors (Lipinski definition) is 1. The van der Waals surface area contributed by atoms with Crippen molar-refractivity contribution in [3.05, 3.63) is 11.3 Å². The first kappa shape index (κ1) is 16.0. The summed E-state index contributed by atoms with van der Waals surface area (Å²) in [5, 5.41) is 6.49. The fourth-order valence-electron chi connectivity index (χ4n) is 2.34. The van der Waals surface area contributed by atoms with Crippen molar-refractivity contribution in [3.63, 3.8) is 0 Å². The van der Waals surface area contributed by atoms with Crippen molar-refractivity contribution < 1.29 is 17.7 Å². The van der Waals surface area contributed by atoms with E-state index in [4.69, 9.17) is 4.52 Å². The Kier molecular flexibility index (Phi) is 4.67. The summed E-state index contributed by atoms with van der Waals surface area (Å²) < 4.78 is 30.3. The number of aromatic nitrogens is 1. The molecule has 1 amide bonds. The van der Waals surface area contributed by atoms with Crippen LogP contribution in [0.2, 0.25) is 0 Å². The van der Waals surface area contributed by atoms with Crippen LogP contribution in [0.15, 0.2) is 4.52 Å². The summed E-state index contributed by atoms with van der Waals surface area (Å²) in [4.78, 5) is 12.3. The first-order valence-corrected chi connectivity index (χ1v) is 8.67. The maximum Gasteiger partial charge on any atom is 0.234 e. The van der Waals surface area contributed by atoms with Crippen molar-refractivity contribution in [1.82, 2.24) is 9.46 Å². The second-order valence-corrected chi connectivity index (χ2v) is 7.57. The maximum atomic E-state index is 12.3. The molecular weight excluding hydrogens is 294 g/mol. The average molecular weight is 315 g/mol. The van der Waals surface area contributed by atoms with Crippen LogP contribution in [0.4, 0.5) is 5.88 Å². The molecule has 1 fully saturated rings. The molecule has 21 heavy (non-hydrogen) atoms. The van der Waals surface area contributed by atoms with Crippen LogP contribution in [0.3, 0.4) is 0 Å². The molecule has 1 N–H and O–H groups in total. The van der Waals surface area contributed by atoms with E-state index >= 15 is 0 Å². The first-order chi connectivity index (χ1) is 9.85. The molecule has 0 saturated carbocycles. The summed E-state index contributed by atoms with van der Waals surface area (Å²) in [6.45, 7) is 5.94. The van der Waals surface area contributed by atoms with Crippen molar-refractivity contribution in [3.8, 4) is 0 Å². The summed E-state index contributed by atoms with van der Waals surface area (Å²) in [7, 11) is -3.25. The van der Waals surface area contributed by atoms with Crippen molar-refractivity contribution >= 4 is 21.8 Å². The number of carbonyl (C=O) groups is 1. The van der Waals surface area contributed by atoms with Crippen LogP contribution in [0.5, 0.6) is 0 Å². The normalized spacial score (nSPS) is 20.4. The van der Waals surface area contributed by atoms with E-state index in [1.54, 1.807) is 13.8 Å². The van der Waals surface area contributed by atoms with Crippen LogP contribution in [0.1, 0.15) is 31.0 Å². The molecule has 1 aromatic rings. The minimum atomic E-state index is -3.25. The minimum absolute atomic E-state index is 0.0573. The summed E-state index contributed by atoms with van der Waals surface area (Å²) in [5.74, 6) is -0.176. The third-order valence-corrected chi connectivity index (χ3v) is 5.76. The number of rotatable bonds is 4. The molecule has 7 nitrogen and oxygen atoms in total. The SMILES string of the molecule is CCS(=O)(=O)N1CCC[C@@H](C(=O)Nc2onc(C)c2C)C1. The standard InChI is InChI=1S/C13H21N3O4S/c1-4-21(18,19)16-7-5-6-11(8-16)12(17)14-13-9(2)10(3)15-20-13/h11H,4-8H2,1-3H3,(H,14,17)/t11-/m1/s1. The molecule has 1 aliphatic heterocycles. The van der Waals surface area contributed by atoms with Crippen molar-refractivity contribution in [2.24, 2.45) is 5.92 Å². The third-order valence-electron chi connectivity index (χ3n) is 3.91. The van der Waals surface area contributed by atoms with E-state index in [1.807, 2.05) is 6.92 Å². The predicted molar refractivity (Wildman–Crippen MR) is 78.4 cm³/mol. The molecule has 1 aromatic heterocycles. The lowest BCUT2D eigenvalue weighted by atomic mass is 9.99. The molecule has 2 rings (SSSR count).